The van der Waals surface area contributed by atoms with E-state index in [9.17, 15) is 17.6 Å². The predicted octanol–water partition coefficient (Wildman–Crippen LogP) is 3.42. The summed E-state index contributed by atoms with van der Waals surface area (Å²) in [7, 11) is -3.51. The molecule has 0 aliphatic carbocycles. The number of sulfonamides is 1. The van der Waals surface area contributed by atoms with Crippen LogP contribution in [0.15, 0.2) is 53.4 Å². The quantitative estimate of drug-likeness (QED) is 0.704. The average Bonchev–Trinajstić information content (AvgIpc) is 2.68. The van der Waals surface area contributed by atoms with Crippen molar-refractivity contribution < 1.29 is 17.6 Å². The standard InChI is InChI=1S/C20H26FN3O3S/c1-4-24(5-2)28(26,27)18-12-10-16(11-13-18)15(3)23-20(25)22-14-17-8-6-7-9-19(17)21/h6-13,15H,4-5,14H2,1-3H3,(H2,22,23,25). The number of carbonyl (C=O) groups is 1. The van der Waals surface area contributed by atoms with Gasteiger partial charge in [0.25, 0.3) is 0 Å². The molecule has 0 aromatic heterocycles. The molecular weight excluding hydrogens is 381 g/mol. The molecule has 1 atom stereocenters. The van der Waals surface area contributed by atoms with Crippen LogP contribution < -0.4 is 10.6 Å². The van der Waals surface area contributed by atoms with Crippen LogP contribution in [0.2, 0.25) is 0 Å². The third kappa shape index (κ3) is 5.30. The molecule has 2 aromatic carbocycles. The first-order valence-corrected chi connectivity index (χ1v) is 10.6. The zero-order valence-electron chi connectivity index (χ0n) is 16.3. The van der Waals surface area contributed by atoms with E-state index in [1.54, 1.807) is 63.2 Å². The Hall–Kier alpha value is -2.45. The van der Waals surface area contributed by atoms with Crippen LogP contribution in [0, 0.1) is 5.82 Å². The highest BCUT2D eigenvalue weighted by Crippen LogP contribution is 2.19. The van der Waals surface area contributed by atoms with Gasteiger partial charge in [0, 0.05) is 25.2 Å². The minimum absolute atomic E-state index is 0.0757. The van der Waals surface area contributed by atoms with E-state index in [1.807, 2.05) is 0 Å². The van der Waals surface area contributed by atoms with Crippen LogP contribution in [-0.2, 0) is 16.6 Å². The van der Waals surface area contributed by atoms with Crippen molar-refractivity contribution in [1.82, 2.24) is 14.9 Å². The van der Waals surface area contributed by atoms with E-state index in [4.69, 9.17) is 0 Å². The van der Waals surface area contributed by atoms with Crippen molar-refractivity contribution in [2.75, 3.05) is 13.1 Å². The van der Waals surface area contributed by atoms with Crippen molar-refractivity contribution in [3.63, 3.8) is 0 Å². The molecule has 0 aliphatic heterocycles. The molecule has 0 fully saturated rings. The maximum Gasteiger partial charge on any atom is 0.315 e. The van der Waals surface area contributed by atoms with E-state index in [2.05, 4.69) is 10.6 Å². The highest BCUT2D eigenvalue weighted by molar-refractivity contribution is 7.89. The Morgan fingerprint density at radius 1 is 1.07 bits per heavy atom. The van der Waals surface area contributed by atoms with Gasteiger partial charge in [-0.1, -0.05) is 44.2 Å². The van der Waals surface area contributed by atoms with Gasteiger partial charge in [-0.15, -0.1) is 0 Å². The monoisotopic (exact) mass is 407 g/mol. The van der Waals surface area contributed by atoms with Gasteiger partial charge in [0.1, 0.15) is 5.82 Å². The van der Waals surface area contributed by atoms with Crippen LogP contribution in [0.1, 0.15) is 37.9 Å². The molecule has 0 spiro atoms. The molecule has 152 valence electrons. The Kier molecular flexibility index (Phi) is 7.53. The summed E-state index contributed by atoms with van der Waals surface area (Å²) in [6, 6.07) is 11.9. The zero-order valence-corrected chi connectivity index (χ0v) is 17.1. The lowest BCUT2D eigenvalue weighted by molar-refractivity contribution is 0.237. The SMILES string of the molecule is CCN(CC)S(=O)(=O)c1ccc(C(C)NC(=O)NCc2ccccc2F)cc1. The van der Waals surface area contributed by atoms with Gasteiger partial charge >= 0.3 is 6.03 Å². The van der Waals surface area contributed by atoms with Crippen LogP contribution in [-0.4, -0.2) is 31.8 Å². The molecule has 8 heteroatoms. The number of nitrogens with one attached hydrogen (secondary N) is 2. The molecule has 0 bridgehead atoms. The largest absolute Gasteiger partial charge is 0.334 e. The Labute approximate surface area is 165 Å². The number of rotatable bonds is 8. The minimum atomic E-state index is -3.51. The molecule has 2 amide bonds. The van der Waals surface area contributed by atoms with Gasteiger partial charge in [0.2, 0.25) is 10.0 Å². The summed E-state index contributed by atoms with van der Waals surface area (Å²) in [6.45, 7) is 6.26. The second-order valence-corrected chi connectivity index (χ2v) is 8.24. The average molecular weight is 408 g/mol. The Morgan fingerprint density at radius 2 is 1.68 bits per heavy atom. The summed E-state index contributed by atoms with van der Waals surface area (Å²) < 4.78 is 40.0. The summed E-state index contributed by atoms with van der Waals surface area (Å²) >= 11 is 0. The number of hydrogen-bond acceptors (Lipinski definition) is 3. The van der Waals surface area contributed by atoms with Crippen molar-refractivity contribution in [2.24, 2.45) is 0 Å². The van der Waals surface area contributed by atoms with Crippen LogP contribution in [0.4, 0.5) is 9.18 Å². The third-order valence-electron chi connectivity index (χ3n) is 4.47. The van der Waals surface area contributed by atoms with Crippen molar-refractivity contribution in [3.8, 4) is 0 Å². The summed E-state index contributed by atoms with van der Waals surface area (Å²) in [5.74, 6) is -0.374. The zero-order chi connectivity index (χ0) is 20.7. The van der Waals surface area contributed by atoms with Gasteiger partial charge in [-0.2, -0.15) is 4.31 Å². The molecule has 0 heterocycles. The molecule has 1 unspecified atom stereocenters. The topological polar surface area (TPSA) is 78.5 Å². The van der Waals surface area contributed by atoms with Crippen LogP contribution in [0.3, 0.4) is 0 Å². The molecule has 2 N–H and O–H groups in total. The third-order valence-corrected chi connectivity index (χ3v) is 6.53. The Balaban J connectivity index is 1.98. The molecule has 0 saturated carbocycles. The van der Waals surface area contributed by atoms with Crippen molar-refractivity contribution in [2.45, 2.75) is 38.3 Å². The van der Waals surface area contributed by atoms with Gasteiger partial charge in [-0.3, -0.25) is 0 Å². The van der Waals surface area contributed by atoms with Gasteiger partial charge in [0.15, 0.2) is 0 Å². The number of carbonyl (C=O) groups excluding carboxylic acids is 1. The number of urea groups is 1. The lowest BCUT2D eigenvalue weighted by Gasteiger charge is -2.19. The van der Waals surface area contributed by atoms with Crippen LogP contribution in [0.25, 0.3) is 0 Å². The molecule has 0 aliphatic rings. The minimum Gasteiger partial charge on any atom is -0.334 e. The summed E-state index contributed by atoms with van der Waals surface area (Å²) in [6.07, 6.45) is 0. The fourth-order valence-electron chi connectivity index (χ4n) is 2.79. The van der Waals surface area contributed by atoms with E-state index in [1.165, 1.54) is 10.4 Å². The van der Waals surface area contributed by atoms with E-state index in [0.717, 1.165) is 5.56 Å². The Morgan fingerprint density at radius 3 is 2.25 bits per heavy atom. The Bertz CT molecular complexity index is 897. The summed E-state index contributed by atoms with van der Waals surface area (Å²) in [5.41, 5.74) is 1.16. The fourth-order valence-corrected chi connectivity index (χ4v) is 4.25. The first-order valence-electron chi connectivity index (χ1n) is 9.17. The van der Waals surface area contributed by atoms with Crippen LogP contribution in [0.5, 0.6) is 0 Å². The van der Waals surface area contributed by atoms with Gasteiger partial charge in [-0.25, -0.2) is 17.6 Å². The van der Waals surface area contributed by atoms with E-state index < -0.39 is 16.1 Å². The fraction of sp³-hybridized carbons (Fsp3) is 0.350. The number of halogens is 1. The normalized spacial score (nSPS) is 12.6. The number of nitrogens with zero attached hydrogens (tertiary/aromatic N) is 1. The highest BCUT2D eigenvalue weighted by Gasteiger charge is 2.21. The number of amides is 2. The molecule has 6 nitrogen and oxygen atoms in total. The highest BCUT2D eigenvalue weighted by atomic mass is 32.2. The first-order chi connectivity index (χ1) is 13.3. The van der Waals surface area contributed by atoms with E-state index >= 15 is 0 Å². The van der Waals surface area contributed by atoms with Gasteiger partial charge in [-0.05, 0) is 30.7 Å². The molecule has 2 rings (SSSR count). The van der Waals surface area contributed by atoms with Crippen molar-refractivity contribution in [3.05, 3.63) is 65.5 Å². The summed E-state index contributed by atoms with van der Waals surface area (Å²) in [5, 5.41) is 5.37. The second kappa shape index (κ2) is 9.66. The predicted molar refractivity (Wildman–Crippen MR) is 107 cm³/mol. The number of benzene rings is 2. The first kappa shape index (κ1) is 21.8. The molecule has 2 aromatic rings. The number of hydrogen-bond donors (Lipinski definition) is 2. The van der Waals surface area contributed by atoms with Crippen molar-refractivity contribution >= 4 is 16.1 Å². The molecule has 0 radical (unpaired) electrons. The maximum atomic E-state index is 13.6. The van der Waals surface area contributed by atoms with Crippen molar-refractivity contribution in [1.29, 1.82) is 0 Å². The lowest BCUT2D eigenvalue weighted by Crippen LogP contribution is -2.36. The molecule has 0 saturated heterocycles. The van der Waals surface area contributed by atoms with Gasteiger partial charge in [0.05, 0.1) is 10.9 Å². The van der Waals surface area contributed by atoms with Crippen LogP contribution >= 0.6 is 0 Å². The molecule has 28 heavy (non-hydrogen) atoms. The smallest absolute Gasteiger partial charge is 0.315 e. The lowest BCUT2D eigenvalue weighted by atomic mass is 10.1. The molecular formula is C20H26FN3O3S. The summed E-state index contributed by atoms with van der Waals surface area (Å²) in [4.78, 5) is 12.3. The van der Waals surface area contributed by atoms with E-state index in [0.29, 0.717) is 18.7 Å². The van der Waals surface area contributed by atoms with Gasteiger partial charge < -0.3 is 10.6 Å². The maximum absolute atomic E-state index is 13.6. The van der Waals surface area contributed by atoms with E-state index in [-0.39, 0.29) is 23.3 Å². The second-order valence-electron chi connectivity index (χ2n) is 6.30.